The Kier molecular flexibility index (Phi) is 6.64. The standard InChI is InChI=1S/C45H28N4S/c1-3-12-29(13-4-1)30-22-24-32(25-23-30)44-46-43(31-14-5-2-6-15-31)47-45(48-44)33-16-11-17-34(28-33)49-37-20-9-7-18-35(37)41-38(49)26-27-40-42(41)36-19-8-10-21-39(36)50-40/h1-28H. The predicted octanol–water partition coefficient (Wildman–Crippen LogP) is 12.0. The maximum absolute atomic E-state index is 5.09. The molecule has 0 saturated heterocycles. The smallest absolute Gasteiger partial charge is 0.164 e. The van der Waals surface area contributed by atoms with Gasteiger partial charge in [-0.3, -0.25) is 0 Å². The molecule has 4 nitrogen and oxygen atoms in total. The van der Waals surface area contributed by atoms with E-state index < -0.39 is 0 Å². The molecule has 3 aromatic heterocycles. The summed E-state index contributed by atoms with van der Waals surface area (Å²) in [4.78, 5) is 15.1. The summed E-state index contributed by atoms with van der Waals surface area (Å²) in [7, 11) is 0. The highest BCUT2D eigenvalue weighted by Gasteiger charge is 2.19. The summed E-state index contributed by atoms with van der Waals surface area (Å²) in [5.41, 5.74) is 8.55. The van der Waals surface area contributed by atoms with E-state index in [0.717, 1.165) is 27.9 Å². The Hall–Kier alpha value is -6.43. The van der Waals surface area contributed by atoms with Crippen LogP contribution in [0.1, 0.15) is 0 Å². The number of hydrogen-bond acceptors (Lipinski definition) is 4. The van der Waals surface area contributed by atoms with E-state index in [1.165, 1.54) is 47.5 Å². The van der Waals surface area contributed by atoms with Crippen LogP contribution in [0.3, 0.4) is 0 Å². The molecule has 234 valence electrons. The lowest BCUT2D eigenvalue weighted by molar-refractivity contribution is 1.07. The first-order valence-corrected chi connectivity index (χ1v) is 17.5. The molecule has 0 aliphatic heterocycles. The second kappa shape index (κ2) is 11.6. The van der Waals surface area contributed by atoms with Crippen molar-refractivity contribution in [2.24, 2.45) is 0 Å². The maximum Gasteiger partial charge on any atom is 0.164 e. The van der Waals surface area contributed by atoms with Gasteiger partial charge in [-0.05, 0) is 47.5 Å². The van der Waals surface area contributed by atoms with E-state index in [9.17, 15) is 0 Å². The molecule has 10 rings (SSSR count). The van der Waals surface area contributed by atoms with Gasteiger partial charge in [0, 0.05) is 53.3 Å². The van der Waals surface area contributed by atoms with Gasteiger partial charge in [-0.2, -0.15) is 0 Å². The third-order valence-corrected chi connectivity index (χ3v) is 10.6. The summed E-state index contributed by atoms with van der Waals surface area (Å²) >= 11 is 1.86. The Morgan fingerprint density at radius 3 is 1.68 bits per heavy atom. The molecule has 5 heteroatoms. The van der Waals surface area contributed by atoms with Gasteiger partial charge in [0.05, 0.1) is 11.0 Å². The summed E-state index contributed by atoms with van der Waals surface area (Å²) in [5, 5.41) is 5.16. The number of para-hydroxylation sites is 1. The van der Waals surface area contributed by atoms with Crippen molar-refractivity contribution in [3.05, 3.63) is 170 Å². The second-order valence-corrected chi connectivity index (χ2v) is 13.5. The molecule has 3 heterocycles. The Morgan fingerprint density at radius 2 is 0.920 bits per heavy atom. The van der Waals surface area contributed by atoms with Gasteiger partial charge < -0.3 is 4.57 Å². The summed E-state index contributed by atoms with van der Waals surface area (Å²) in [6, 6.07) is 59.6. The Balaban J connectivity index is 1.15. The largest absolute Gasteiger partial charge is 0.309 e. The molecular formula is C45H28N4S. The minimum atomic E-state index is 0.634. The Bertz CT molecular complexity index is 2850. The fourth-order valence-electron chi connectivity index (χ4n) is 7.13. The summed E-state index contributed by atoms with van der Waals surface area (Å²) < 4.78 is 4.99. The number of thiophene rings is 1. The molecule has 0 N–H and O–H groups in total. The van der Waals surface area contributed by atoms with Gasteiger partial charge in [0.25, 0.3) is 0 Å². The van der Waals surface area contributed by atoms with E-state index in [4.69, 9.17) is 15.0 Å². The van der Waals surface area contributed by atoms with E-state index >= 15 is 0 Å². The van der Waals surface area contributed by atoms with E-state index in [1.54, 1.807) is 0 Å². The molecule has 0 bridgehead atoms. The fraction of sp³-hybridized carbons (Fsp3) is 0. The molecule has 0 aliphatic rings. The van der Waals surface area contributed by atoms with Gasteiger partial charge >= 0.3 is 0 Å². The first-order chi connectivity index (χ1) is 24.8. The van der Waals surface area contributed by atoms with Crippen LogP contribution in [0.4, 0.5) is 0 Å². The van der Waals surface area contributed by atoms with Crippen molar-refractivity contribution in [3.8, 4) is 51.0 Å². The first kappa shape index (κ1) is 28.6. The molecule has 0 fully saturated rings. The molecule has 0 saturated carbocycles. The molecule has 0 amide bonds. The second-order valence-electron chi connectivity index (χ2n) is 12.4. The molecule has 7 aromatic carbocycles. The zero-order valence-electron chi connectivity index (χ0n) is 26.9. The molecule has 0 atom stereocenters. The topological polar surface area (TPSA) is 43.6 Å². The van der Waals surface area contributed by atoms with E-state index in [2.05, 4.69) is 138 Å². The van der Waals surface area contributed by atoms with E-state index in [1.807, 2.05) is 47.7 Å². The first-order valence-electron chi connectivity index (χ1n) is 16.7. The molecule has 10 aromatic rings. The highest BCUT2D eigenvalue weighted by Crippen LogP contribution is 2.43. The van der Waals surface area contributed by atoms with Crippen LogP contribution in [0.25, 0.3) is 93.0 Å². The van der Waals surface area contributed by atoms with E-state index in [0.29, 0.717) is 17.5 Å². The lowest BCUT2D eigenvalue weighted by Crippen LogP contribution is -2.01. The lowest BCUT2D eigenvalue weighted by Gasteiger charge is -2.12. The predicted molar refractivity (Wildman–Crippen MR) is 209 cm³/mol. The summed E-state index contributed by atoms with van der Waals surface area (Å²) in [6.07, 6.45) is 0. The number of rotatable bonds is 5. The lowest BCUT2D eigenvalue weighted by atomic mass is 10.0. The van der Waals surface area contributed by atoms with Crippen molar-refractivity contribution in [3.63, 3.8) is 0 Å². The van der Waals surface area contributed by atoms with E-state index in [-0.39, 0.29) is 0 Å². The van der Waals surface area contributed by atoms with Crippen molar-refractivity contribution < 1.29 is 0 Å². The third-order valence-electron chi connectivity index (χ3n) is 9.46. The third kappa shape index (κ3) is 4.71. The van der Waals surface area contributed by atoms with Crippen molar-refractivity contribution in [2.75, 3.05) is 0 Å². The number of fused-ring (bicyclic) bond motifs is 7. The SMILES string of the molecule is c1ccc(-c2ccc(-c3nc(-c4ccccc4)nc(-c4cccc(-n5c6ccccc6c6c7c(ccc65)sc5ccccc57)c4)n3)cc2)cc1. The average Bonchev–Trinajstić information content (AvgIpc) is 3.74. The minimum absolute atomic E-state index is 0.634. The molecule has 0 radical (unpaired) electrons. The van der Waals surface area contributed by atoms with Gasteiger partial charge in [-0.25, -0.2) is 15.0 Å². The Morgan fingerprint density at radius 1 is 0.360 bits per heavy atom. The number of nitrogens with zero attached hydrogens (tertiary/aromatic N) is 4. The highest BCUT2D eigenvalue weighted by atomic mass is 32.1. The monoisotopic (exact) mass is 656 g/mol. The quantitative estimate of drug-likeness (QED) is 0.185. The van der Waals surface area contributed by atoms with Gasteiger partial charge in [-0.15, -0.1) is 11.3 Å². The summed E-state index contributed by atoms with van der Waals surface area (Å²) in [5.74, 6) is 1.92. The van der Waals surface area contributed by atoms with Crippen LogP contribution < -0.4 is 0 Å². The van der Waals surface area contributed by atoms with Crippen molar-refractivity contribution in [2.45, 2.75) is 0 Å². The van der Waals surface area contributed by atoms with Crippen LogP contribution >= 0.6 is 11.3 Å². The van der Waals surface area contributed by atoms with Crippen LogP contribution in [0, 0.1) is 0 Å². The van der Waals surface area contributed by atoms with Gasteiger partial charge in [0.15, 0.2) is 17.5 Å². The zero-order valence-corrected chi connectivity index (χ0v) is 27.7. The molecule has 0 aliphatic carbocycles. The zero-order chi connectivity index (χ0) is 33.0. The van der Waals surface area contributed by atoms with Crippen LogP contribution in [-0.2, 0) is 0 Å². The van der Waals surface area contributed by atoms with Crippen LogP contribution in [-0.4, -0.2) is 19.5 Å². The molecule has 50 heavy (non-hydrogen) atoms. The van der Waals surface area contributed by atoms with Crippen LogP contribution in [0.5, 0.6) is 0 Å². The average molecular weight is 657 g/mol. The Labute approximate surface area is 292 Å². The summed E-state index contributed by atoms with van der Waals surface area (Å²) in [6.45, 7) is 0. The number of aromatic nitrogens is 4. The van der Waals surface area contributed by atoms with Crippen LogP contribution in [0.2, 0.25) is 0 Å². The minimum Gasteiger partial charge on any atom is -0.309 e. The van der Waals surface area contributed by atoms with Gasteiger partial charge in [0.1, 0.15) is 0 Å². The number of hydrogen-bond donors (Lipinski definition) is 0. The van der Waals surface area contributed by atoms with Crippen molar-refractivity contribution in [1.82, 2.24) is 19.5 Å². The molecule has 0 unspecified atom stereocenters. The van der Waals surface area contributed by atoms with Gasteiger partial charge in [0.2, 0.25) is 0 Å². The molecule has 0 spiro atoms. The maximum atomic E-state index is 5.09. The van der Waals surface area contributed by atoms with Crippen molar-refractivity contribution >= 4 is 53.3 Å². The highest BCUT2D eigenvalue weighted by molar-refractivity contribution is 7.26. The fourth-order valence-corrected chi connectivity index (χ4v) is 8.24. The van der Waals surface area contributed by atoms with Crippen molar-refractivity contribution in [1.29, 1.82) is 0 Å². The van der Waals surface area contributed by atoms with Gasteiger partial charge in [-0.1, -0.05) is 133 Å². The molecular weight excluding hydrogens is 629 g/mol. The number of benzene rings is 7. The normalized spacial score (nSPS) is 11.6. The van der Waals surface area contributed by atoms with Crippen LogP contribution in [0.15, 0.2) is 170 Å².